The molecular weight excluding hydrogens is 432 g/mol. The molecule has 7 nitrogen and oxygen atoms in total. The van der Waals surface area contributed by atoms with Gasteiger partial charge in [-0.05, 0) is 73.4 Å². The van der Waals surface area contributed by atoms with E-state index in [-0.39, 0.29) is 34.9 Å². The number of aryl methyl sites for hydroxylation is 1. The molecule has 0 fully saturated rings. The Bertz CT molecular complexity index is 1220. The maximum absolute atomic E-state index is 13.3. The van der Waals surface area contributed by atoms with Gasteiger partial charge in [0.2, 0.25) is 0 Å². The fraction of sp³-hybridized carbons (Fsp3) is 0.259. The lowest BCUT2D eigenvalue weighted by atomic mass is 9.93. The first kappa shape index (κ1) is 23.2. The summed E-state index contributed by atoms with van der Waals surface area (Å²) in [4.78, 5) is 29.7. The molecule has 4 rings (SSSR count). The van der Waals surface area contributed by atoms with Gasteiger partial charge in [-0.3, -0.25) is 9.59 Å². The summed E-state index contributed by atoms with van der Waals surface area (Å²) in [5.74, 6) is -0.0614. The number of carbonyl (C=O) groups excluding carboxylic acids is 2. The fourth-order valence-electron chi connectivity index (χ4n) is 4.32. The third-order valence-electron chi connectivity index (χ3n) is 6.21. The summed E-state index contributed by atoms with van der Waals surface area (Å²) in [5.41, 5.74) is 3.31. The van der Waals surface area contributed by atoms with Crippen LogP contribution in [0.4, 0.5) is 5.69 Å². The van der Waals surface area contributed by atoms with Gasteiger partial charge in [-0.2, -0.15) is 0 Å². The molecule has 2 amide bonds. The zero-order chi connectivity index (χ0) is 24.4. The molecule has 0 saturated heterocycles. The minimum Gasteiger partial charge on any atom is -0.508 e. The van der Waals surface area contributed by atoms with Gasteiger partial charge in [0.15, 0.2) is 0 Å². The second kappa shape index (κ2) is 9.47. The van der Waals surface area contributed by atoms with Crippen LogP contribution in [0.1, 0.15) is 45.2 Å². The first-order chi connectivity index (χ1) is 16.3. The van der Waals surface area contributed by atoms with Crippen molar-refractivity contribution in [1.29, 1.82) is 0 Å². The smallest absolute Gasteiger partial charge is 0.262 e. The lowest BCUT2D eigenvalue weighted by Crippen LogP contribution is -2.42. The summed E-state index contributed by atoms with van der Waals surface area (Å²) in [6, 6.07) is 16.9. The van der Waals surface area contributed by atoms with Crippen molar-refractivity contribution in [2.75, 3.05) is 19.1 Å². The third kappa shape index (κ3) is 4.55. The Labute approximate surface area is 198 Å². The summed E-state index contributed by atoms with van der Waals surface area (Å²) in [7, 11) is 3.38. The van der Waals surface area contributed by atoms with Crippen LogP contribution in [0, 0.1) is 0 Å². The molecule has 0 bridgehead atoms. The lowest BCUT2D eigenvalue weighted by molar-refractivity contribution is 0.0785. The second-order valence-corrected chi connectivity index (χ2v) is 8.62. The van der Waals surface area contributed by atoms with Gasteiger partial charge in [0.05, 0.1) is 12.7 Å². The number of anilines is 1. The van der Waals surface area contributed by atoms with Gasteiger partial charge >= 0.3 is 0 Å². The number of ether oxygens (including phenoxy) is 1. The van der Waals surface area contributed by atoms with Crippen molar-refractivity contribution in [1.82, 2.24) is 4.90 Å². The number of fused-ring (bicyclic) bond motifs is 1. The van der Waals surface area contributed by atoms with E-state index in [9.17, 15) is 19.8 Å². The number of phenols is 2. The van der Waals surface area contributed by atoms with Crippen LogP contribution < -0.4 is 9.64 Å². The molecule has 1 atom stereocenters. The van der Waals surface area contributed by atoms with E-state index >= 15 is 0 Å². The van der Waals surface area contributed by atoms with Crippen molar-refractivity contribution in [2.24, 2.45) is 0 Å². The van der Waals surface area contributed by atoms with Gasteiger partial charge in [0.25, 0.3) is 11.8 Å². The maximum atomic E-state index is 13.3. The molecule has 0 aromatic heterocycles. The van der Waals surface area contributed by atoms with Gasteiger partial charge in [-0.15, -0.1) is 0 Å². The van der Waals surface area contributed by atoms with Crippen LogP contribution in [-0.4, -0.2) is 47.1 Å². The average Bonchev–Trinajstić information content (AvgIpc) is 2.83. The zero-order valence-corrected chi connectivity index (χ0v) is 19.5. The van der Waals surface area contributed by atoms with E-state index in [4.69, 9.17) is 4.74 Å². The number of benzene rings is 3. The van der Waals surface area contributed by atoms with E-state index in [2.05, 4.69) is 0 Å². The Morgan fingerprint density at radius 2 is 1.79 bits per heavy atom. The van der Waals surface area contributed by atoms with Crippen molar-refractivity contribution < 1.29 is 24.5 Å². The van der Waals surface area contributed by atoms with E-state index in [1.165, 1.54) is 12.1 Å². The van der Waals surface area contributed by atoms with Crippen LogP contribution in [0.5, 0.6) is 17.2 Å². The van der Waals surface area contributed by atoms with Crippen molar-refractivity contribution in [3.05, 3.63) is 82.9 Å². The van der Waals surface area contributed by atoms with Crippen molar-refractivity contribution in [3.8, 4) is 17.2 Å². The number of hydrogen-bond acceptors (Lipinski definition) is 5. The molecule has 1 aliphatic heterocycles. The molecule has 0 spiro atoms. The molecule has 1 heterocycles. The number of hydrogen-bond donors (Lipinski definition) is 2. The number of methoxy groups -OCH3 is 1. The van der Waals surface area contributed by atoms with Crippen LogP contribution >= 0.6 is 0 Å². The molecule has 1 aliphatic rings. The maximum Gasteiger partial charge on any atom is 0.262 e. The highest BCUT2D eigenvalue weighted by Gasteiger charge is 2.31. The van der Waals surface area contributed by atoms with E-state index in [1.807, 2.05) is 37.3 Å². The Balaban J connectivity index is 1.57. The standard InChI is InChI=1S/C27H28N2O5/c1-17-4-7-19-14-20(26(32)28(2)16-18-5-10-22(34-3)11-6-18)8-13-24(19)29(17)27(33)23-12-9-21(30)15-25(23)31/h5-6,8-15,17,30-31H,4,7,16H2,1-3H3. The molecule has 3 aromatic rings. The molecule has 0 radical (unpaired) electrons. The first-order valence-electron chi connectivity index (χ1n) is 11.2. The Morgan fingerprint density at radius 3 is 2.47 bits per heavy atom. The van der Waals surface area contributed by atoms with E-state index in [0.29, 0.717) is 12.1 Å². The Hall–Kier alpha value is -4.00. The molecule has 2 N–H and O–H groups in total. The van der Waals surface area contributed by atoms with Gasteiger partial charge in [-0.1, -0.05) is 12.1 Å². The fourth-order valence-corrected chi connectivity index (χ4v) is 4.32. The van der Waals surface area contributed by atoms with E-state index in [1.54, 1.807) is 36.1 Å². The largest absolute Gasteiger partial charge is 0.508 e. The molecule has 1 unspecified atom stereocenters. The third-order valence-corrected chi connectivity index (χ3v) is 6.21. The first-order valence-corrected chi connectivity index (χ1v) is 11.2. The number of aromatic hydroxyl groups is 2. The van der Waals surface area contributed by atoms with E-state index < -0.39 is 0 Å². The van der Waals surface area contributed by atoms with Crippen LogP contribution in [0.25, 0.3) is 0 Å². The number of rotatable bonds is 5. The molecule has 3 aromatic carbocycles. The van der Waals surface area contributed by atoms with E-state index in [0.717, 1.165) is 41.5 Å². The van der Waals surface area contributed by atoms with Crippen LogP contribution in [0.2, 0.25) is 0 Å². The van der Waals surface area contributed by atoms with Gasteiger partial charge < -0.3 is 24.7 Å². The van der Waals surface area contributed by atoms with Crippen molar-refractivity contribution >= 4 is 17.5 Å². The summed E-state index contributed by atoms with van der Waals surface area (Å²) in [6.45, 7) is 2.42. The normalized spacial score (nSPS) is 14.9. The van der Waals surface area contributed by atoms with Crippen molar-refractivity contribution in [3.63, 3.8) is 0 Å². The number of phenolic OH excluding ortho intramolecular Hbond substituents is 2. The predicted octanol–water partition coefficient (Wildman–Crippen LogP) is 4.36. The molecule has 176 valence electrons. The average molecular weight is 461 g/mol. The second-order valence-electron chi connectivity index (χ2n) is 8.62. The predicted molar refractivity (Wildman–Crippen MR) is 130 cm³/mol. The highest BCUT2D eigenvalue weighted by molar-refractivity contribution is 6.09. The molecule has 0 aliphatic carbocycles. The quantitative estimate of drug-likeness (QED) is 0.591. The van der Waals surface area contributed by atoms with Gasteiger partial charge in [-0.25, -0.2) is 0 Å². The SMILES string of the molecule is COc1ccc(CN(C)C(=O)c2ccc3c(c2)CCC(C)N3C(=O)c2ccc(O)cc2O)cc1. The number of amides is 2. The topological polar surface area (TPSA) is 90.3 Å². The molecule has 7 heteroatoms. The molecular formula is C27H28N2O5. The highest BCUT2D eigenvalue weighted by Crippen LogP contribution is 2.35. The monoisotopic (exact) mass is 460 g/mol. The highest BCUT2D eigenvalue weighted by atomic mass is 16.5. The van der Waals surface area contributed by atoms with Crippen LogP contribution in [-0.2, 0) is 13.0 Å². The summed E-state index contributed by atoms with van der Waals surface area (Å²) in [5, 5.41) is 19.7. The zero-order valence-electron chi connectivity index (χ0n) is 19.5. The van der Waals surface area contributed by atoms with Gasteiger partial charge in [0, 0.05) is 37.0 Å². The van der Waals surface area contributed by atoms with Crippen molar-refractivity contribution in [2.45, 2.75) is 32.4 Å². The summed E-state index contributed by atoms with van der Waals surface area (Å²) >= 11 is 0. The summed E-state index contributed by atoms with van der Waals surface area (Å²) < 4.78 is 5.18. The summed E-state index contributed by atoms with van der Waals surface area (Å²) in [6.07, 6.45) is 1.47. The molecule has 34 heavy (non-hydrogen) atoms. The van der Waals surface area contributed by atoms with Gasteiger partial charge in [0.1, 0.15) is 17.2 Å². The molecule has 0 saturated carbocycles. The number of nitrogens with zero attached hydrogens (tertiary/aromatic N) is 2. The lowest BCUT2D eigenvalue weighted by Gasteiger charge is -2.36. The minimum atomic E-state index is -0.346. The number of carbonyl (C=O) groups is 2. The Kier molecular flexibility index (Phi) is 6.45. The van der Waals surface area contributed by atoms with Crippen LogP contribution in [0.3, 0.4) is 0 Å². The minimum absolute atomic E-state index is 0.0764. The Morgan fingerprint density at radius 1 is 1.06 bits per heavy atom. The van der Waals surface area contributed by atoms with Crippen LogP contribution in [0.15, 0.2) is 60.7 Å².